The smallest absolute Gasteiger partial charge is 0.416 e. The molecule has 2 aromatic carbocycles. The van der Waals surface area contributed by atoms with Crippen molar-refractivity contribution in [1.29, 1.82) is 0 Å². The second-order valence-electron chi connectivity index (χ2n) is 7.85. The number of benzene rings is 2. The third-order valence-corrected chi connectivity index (χ3v) is 6.88. The Morgan fingerprint density at radius 1 is 0.839 bits per heavy atom. The van der Waals surface area contributed by atoms with Crippen molar-refractivity contribution in [3.8, 4) is 5.75 Å². The molecule has 1 saturated heterocycles. The topological polar surface area (TPSA) is 50.2 Å². The number of alkyl halides is 3. The largest absolute Gasteiger partial charge is 0.508 e. The summed E-state index contributed by atoms with van der Waals surface area (Å²) in [7, 11) is 0. The summed E-state index contributed by atoms with van der Waals surface area (Å²) in [5.74, 6) is 0.141. The van der Waals surface area contributed by atoms with Crippen LogP contribution in [0.2, 0.25) is 0 Å². The number of fused-ring (bicyclic) bond motifs is 2. The van der Waals surface area contributed by atoms with Gasteiger partial charge in [0.05, 0.1) is 23.5 Å². The van der Waals surface area contributed by atoms with Crippen LogP contribution in [-0.2, 0) is 6.18 Å². The normalized spacial score (nSPS) is 17.5. The van der Waals surface area contributed by atoms with Gasteiger partial charge in [0.1, 0.15) is 5.75 Å². The number of halogens is 3. The number of aliphatic hydroxyl groups excluding tert-OH is 1. The van der Waals surface area contributed by atoms with Crippen LogP contribution in [-0.4, -0.2) is 72.4 Å². The van der Waals surface area contributed by atoms with Gasteiger partial charge in [0.25, 0.3) is 0 Å². The maximum absolute atomic E-state index is 13.3. The van der Waals surface area contributed by atoms with Gasteiger partial charge in [-0.1, -0.05) is 11.8 Å². The van der Waals surface area contributed by atoms with E-state index in [1.807, 2.05) is 4.90 Å². The highest BCUT2D eigenvalue weighted by Gasteiger charge is 2.33. The molecule has 1 fully saturated rings. The van der Waals surface area contributed by atoms with Gasteiger partial charge < -0.3 is 20.0 Å². The van der Waals surface area contributed by atoms with Gasteiger partial charge in [-0.25, -0.2) is 0 Å². The summed E-state index contributed by atoms with van der Waals surface area (Å²) in [6, 6.07) is 8.87. The quantitative estimate of drug-likeness (QED) is 0.689. The Morgan fingerprint density at radius 3 is 2.23 bits per heavy atom. The highest BCUT2D eigenvalue weighted by atomic mass is 32.2. The number of aliphatic hydroxyl groups is 1. The van der Waals surface area contributed by atoms with Crippen LogP contribution in [0.25, 0.3) is 0 Å². The molecule has 0 bridgehead atoms. The number of phenols is 1. The van der Waals surface area contributed by atoms with Crippen LogP contribution < -0.4 is 4.90 Å². The van der Waals surface area contributed by atoms with Gasteiger partial charge in [0.15, 0.2) is 0 Å². The number of piperazine rings is 1. The van der Waals surface area contributed by atoms with Crippen molar-refractivity contribution < 1.29 is 23.4 Å². The molecule has 0 unspecified atom stereocenters. The molecule has 9 heteroatoms. The number of anilines is 2. The minimum atomic E-state index is -4.39. The Labute approximate surface area is 184 Å². The van der Waals surface area contributed by atoms with Crippen LogP contribution in [0.4, 0.5) is 24.5 Å². The van der Waals surface area contributed by atoms with Gasteiger partial charge in [-0.15, -0.1) is 0 Å². The van der Waals surface area contributed by atoms with Crippen LogP contribution in [0.3, 0.4) is 0 Å². The summed E-state index contributed by atoms with van der Waals surface area (Å²) in [6.07, 6.45) is -3.59. The lowest BCUT2D eigenvalue weighted by molar-refractivity contribution is -0.137. The average Bonchev–Trinajstić information content (AvgIpc) is 2.73. The Morgan fingerprint density at radius 2 is 1.55 bits per heavy atom. The molecule has 2 aliphatic heterocycles. The van der Waals surface area contributed by atoms with Crippen molar-refractivity contribution in [2.45, 2.75) is 22.4 Å². The minimum absolute atomic E-state index is 0.141. The van der Waals surface area contributed by atoms with Crippen LogP contribution in [0.5, 0.6) is 5.75 Å². The summed E-state index contributed by atoms with van der Waals surface area (Å²) >= 11 is 1.38. The van der Waals surface area contributed by atoms with Gasteiger partial charge in [-0.05, 0) is 49.4 Å². The molecular weight excluding hydrogens is 427 g/mol. The van der Waals surface area contributed by atoms with Crippen LogP contribution in [0, 0.1) is 0 Å². The maximum atomic E-state index is 13.3. The molecule has 0 radical (unpaired) electrons. The van der Waals surface area contributed by atoms with E-state index in [0.29, 0.717) is 18.8 Å². The van der Waals surface area contributed by atoms with Gasteiger partial charge in [-0.2, -0.15) is 13.2 Å². The molecule has 2 heterocycles. The Bertz CT molecular complexity index is 917. The van der Waals surface area contributed by atoms with Crippen molar-refractivity contribution in [2.75, 3.05) is 57.3 Å². The number of phenolic OH excluding ortho intramolecular Hbond substituents is 1. The zero-order chi connectivity index (χ0) is 22.0. The fraction of sp³-hybridized carbons (Fsp3) is 0.455. The molecule has 168 valence electrons. The SMILES string of the molecule is OCCN1CCN(CCCN2c3ccc(O)cc3Sc3ccc(C(F)(F)F)cc32)CC1. The second-order valence-corrected chi connectivity index (χ2v) is 8.93. The first-order chi connectivity index (χ1) is 14.8. The minimum Gasteiger partial charge on any atom is -0.508 e. The lowest BCUT2D eigenvalue weighted by Gasteiger charge is -2.36. The molecule has 4 rings (SSSR count). The van der Waals surface area contributed by atoms with Crippen molar-refractivity contribution in [3.05, 3.63) is 42.0 Å². The molecule has 31 heavy (non-hydrogen) atoms. The standard InChI is InChI=1S/C22H26F3N3O2S/c23-22(24,25)16-2-5-20-19(14-16)28(18-4-3-17(30)15-21(18)31-20)7-1-6-26-8-10-27(11-9-26)12-13-29/h2-5,14-15,29-30H,1,6-13H2. The summed E-state index contributed by atoms with van der Waals surface area (Å²) in [6.45, 7) is 6.00. The molecule has 2 aliphatic rings. The number of nitrogens with zero attached hydrogens (tertiary/aromatic N) is 3. The molecule has 0 atom stereocenters. The number of β-amino-alcohol motifs (C(OH)–C–C–N with tert-alkyl or cyclic N) is 1. The molecule has 2 aromatic rings. The highest BCUT2D eigenvalue weighted by molar-refractivity contribution is 7.99. The molecule has 0 spiro atoms. The van der Waals surface area contributed by atoms with Gasteiger partial charge in [0.2, 0.25) is 0 Å². The fourth-order valence-corrected chi connectivity index (χ4v) is 5.23. The van der Waals surface area contributed by atoms with E-state index in [1.165, 1.54) is 23.9 Å². The average molecular weight is 454 g/mol. The van der Waals surface area contributed by atoms with E-state index >= 15 is 0 Å². The van der Waals surface area contributed by atoms with Gasteiger partial charge in [0, 0.05) is 49.1 Å². The van der Waals surface area contributed by atoms with E-state index in [9.17, 15) is 18.3 Å². The number of hydrogen-bond donors (Lipinski definition) is 2. The first-order valence-electron chi connectivity index (χ1n) is 10.4. The van der Waals surface area contributed by atoms with E-state index in [4.69, 9.17) is 5.11 Å². The molecule has 0 amide bonds. The van der Waals surface area contributed by atoms with Gasteiger partial charge in [-0.3, -0.25) is 4.90 Å². The van der Waals surface area contributed by atoms with Crippen LogP contribution >= 0.6 is 11.8 Å². The van der Waals surface area contributed by atoms with E-state index in [2.05, 4.69) is 9.80 Å². The Balaban J connectivity index is 1.50. The lowest BCUT2D eigenvalue weighted by atomic mass is 10.1. The lowest BCUT2D eigenvalue weighted by Crippen LogP contribution is -2.47. The molecule has 5 nitrogen and oxygen atoms in total. The zero-order valence-electron chi connectivity index (χ0n) is 17.1. The zero-order valence-corrected chi connectivity index (χ0v) is 17.9. The van der Waals surface area contributed by atoms with E-state index in [0.717, 1.165) is 60.7 Å². The number of rotatable bonds is 6. The van der Waals surface area contributed by atoms with Gasteiger partial charge >= 0.3 is 6.18 Å². The Hall–Kier alpha value is -1.94. The number of aromatic hydroxyl groups is 1. The predicted molar refractivity (Wildman–Crippen MR) is 115 cm³/mol. The summed E-state index contributed by atoms with van der Waals surface area (Å²) in [4.78, 5) is 8.12. The maximum Gasteiger partial charge on any atom is 0.416 e. The molecular formula is C22H26F3N3O2S. The molecule has 0 aliphatic carbocycles. The van der Waals surface area contributed by atoms with E-state index in [1.54, 1.807) is 18.2 Å². The van der Waals surface area contributed by atoms with Crippen LogP contribution in [0.15, 0.2) is 46.2 Å². The summed E-state index contributed by atoms with van der Waals surface area (Å²) < 4.78 is 40.0. The first kappa shape index (κ1) is 22.3. The molecule has 0 aromatic heterocycles. The second kappa shape index (κ2) is 9.28. The van der Waals surface area contributed by atoms with Crippen molar-refractivity contribution in [3.63, 3.8) is 0 Å². The third-order valence-electron chi connectivity index (χ3n) is 5.77. The Kier molecular flexibility index (Phi) is 6.66. The predicted octanol–water partition coefficient (Wildman–Crippen LogP) is 4.01. The van der Waals surface area contributed by atoms with Crippen LogP contribution in [0.1, 0.15) is 12.0 Å². The summed E-state index contributed by atoms with van der Waals surface area (Å²) in [5, 5.41) is 18.9. The molecule has 2 N–H and O–H groups in total. The van der Waals surface area contributed by atoms with E-state index in [-0.39, 0.29) is 12.4 Å². The van der Waals surface area contributed by atoms with Crippen molar-refractivity contribution in [1.82, 2.24) is 9.80 Å². The third kappa shape index (κ3) is 5.11. The van der Waals surface area contributed by atoms with Crippen molar-refractivity contribution >= 4 is 23.1 Å². The highest BCUT2D eigenvalue weighted by Crippen LogP contribution is 2.50. The number of hydrogen-bond acceptors (Lipinski definition) is 6. The van der Waals surface area contributed by atoms with E-state index < -0.39 is 11.7 Å². The monoisotopic (exact) mass is 453 g/mol. The molecule has 0 saturated carbocycles. The summed E-state index contributed by atoms with van der Waals surface area (Å²) in [5.41, 5.74) is 0.729. The first-order valence-corrected chi connectivity index (χ1v) is 11.2. The fourth-order valence-electron chi connectivity index (χ4n) is 4.12. The van der Waals surface area contributed by atoms with Crippen molar-refractivity contribution in [2.24, 2.45) is 0 Å².